The number of nitrogens with one attached hydrogen (secondary N) is 2. The van der Waals surface area contributed by atoms with Crippen molar-refractivity contribution < 1.29 is 4.74 Å². The molecule has 0 fully saturated rings. The quantitative estimate of drug-likeness (QED) is 0.706. The molecule has 8 nitrogen and oxygen atoms in total. The van der Waals surface area contributed by atoms with E-state index in [1.807, 2.05) is 6.07 Å². The molecule has 0 aliphatic carbocycles. The fourth-order valence-electron chi connectivity index (χ4n) is 1.60. The van der Waals surface area contributed by atoms with Gasteiger partial charge in [0.25, 0.3) is 5.95 Å². The Morgan fingerprint density at radius 2 is 2.05 bits per heavy atom. The van der Waals surface area contributed by atoms with Crippen LogP contribution in [0.5, 0.6) is 0 Å². The SMILES string of the molecule is CNc1nc(NCCOCC(C)C)nc(-n2cccn2)n1. The van der Waals surface area contributed by atoms with Gasteiger partial charge in [0.2, 0.25) is 11.9 Å². The summed E-state index contributed by atoms with van der Waals surface area (Å²) >= 11 is 0. The van der Waals surface area contributed by atoms with Crippen LogP contribution in [0.1, 0.15) is 13.8 Å². The number of aromatic nitrogens is 5. The van der Waals surface area contributed by atoms with Gasteiger partial charge in [-0.3, -0.25) is 0 Å². The lowest BCUT2D eigenvalue weighted by Gasteiger charge is -2.09. The normalized spacial score (nSPS) is 10.9. The molecule has 2 rings (SSSR count). The highest BCUT2D eigenvalue weighted by molar-refractivity contribution is 5.37. The van der Waals surface area contributed by atoms with Crippen molar-refractivity contribution in [3.8, 4) is 5.95 Å². The van der Waals surface area contributed by atoms with Crippen molar-refractivity contribution in [3.05, 3.63) is 18.5 Å². The van der Waals surface area contributed by atoms with Crippen LogP contribution < -0.4 is 10.6 Å². The molecule has 0 aromatic carbocycles. The molecule has 0 saturated carbocycles. The van der Waals surface area contributed by atoms with E-state index < -0.39 is 0 Å². The molecule has 21 heavy (non-hydrogen) atoms. The fraction of sp³-hybridized carbons (Fsp3) is 0.538. The number of nitrogens with zero attached hydrogens (tertiary/aromatic N) is 5. The Morgan fingerprint density at radius 1 is 1.24 bits per heavy atom. The molecule has 0 bridgehead atoms. The van der Waals surface area contributed by atoms with E-state index in [1.165, 1.54) is 0 Å². The third kappa shape index (κ3) is 4.67. The molecule has 0 spiro atoms. The lowest BCUT2D eigenvalue weighted by molar-refractivity contribution is 0.118. The summed E-state index contributed by atoms with van der Waals surface area (Å²) < 4.78 is 7.10. The summed E-state index contributed by atoms with van der Waals surface area (Å²) in [5, 5.41) is 10.2. The first-order chi connectivity index (χ1) is 10.2. The maximum absolute atomic E-state index is 5.51. The van der Waals surface area contributed by atoms with Gasteiger partial charge in [-0.1, -0.05) is 13.8 Å². The van der Waals surface area contributed by atoms with Gasteiger partial charge in [0.1, 0.15) is 0 Å². The number of ether oxygens (including phenoxy) is 1. The maximum atomic E-state index is 5.51. The Bertz CT molecular complexity index is 541. The number of hydrogen-bond donors (Lipinski definition) is 2. The van der Waals surface area contributed by atoms with E-state index in [-0.39, 0.29) is 0 Å². The zero-order valence-corrected chi connectivity index (χ0v) is 12.6. The average molecular weight is 291 g/mol. The molecule has 0 unspecified atom stereocenters. The summed E-state index contributed by atoms with van der Waals surface area (Å²) in [6.07, 6.45) is 3.46. The van der Waals surface area contributed by atoms with Crippen molar-refractivity contribution in [3.63, 3.8) is 0 Å². The van der Waals surface area contributed by atoms with E-state index in [9.17, 15) is 0 Å². The minimum Gasteiger partial charge on any atom is -0.379 e. The molecule has 2 aromatic rings. The predicted molar refractivity (Wildman–Crippen MR) is 80.6 cm³/mol. The molecule has 0 amide bonds. The van der Waals surface area contributed by atoms with Gasteiger partial charge < -0.3 is 15.4 Å². The Morgan fingerprint density at radius 3 is 2.71 bits per heavy atom. The molecule has 8 heteroatoms. The monoisotopic (exact) mass is 291 g/mol. The Kier molecular flexibility index (Phi) is 5.44. The lowest BCUT2D eigenvalue weighted by Crippen LogP contribution is -2.16. The molecular formula is C13H21N7O. The lowest BCUT2D eigenvalue weighted by atomic mass is 10.2. The first kappa shape index (κ1) is 15.2. The molecule has 2 aromatic heterocycles. The molecular weight excluding hydrogens is 270 g/mol. The topological polar surface area (TPSA) is 89.8 Å². The Hall–Kier alpha value is -2.22. The van der Waals surface area contributed by atoms with Gasteiger partial charge in [-0.2, -0.15) is 20.1 Å². The van der Waals surface area contributed by atoms with Gasteiger partial charge >= 0.3 is 0 Å². The van der Waals surface area contributed by atoms with Crippen LogP contribution in [0.25, 0.3) is 5.95 Å². The summed E-state index contributed by atoms with van der Waals surface area (Å²) in [5.41, 5.74) is 0. The van der Waals surface area contributed by atoms with Crippen molar-refractivity contribution in [1.29, 1.82) is 0 Å². The second-order valence-corrected chi connectivity index (χ2v) is 4.88. The molecule has 0 aliphatic rings. The predicted octanol–water partition coefficient (Wildman–Crippen LogP) is 1.18. The second kappa shape index (κ2) is 7.53. The summed E-state index contributed by atoms with van der Waals surface area (Å²) in [7, 11) is 1.76. The molecule has 114 valence electrons. The van der Waals surface area contributed by atoms with Gasteiger partial charge in [0.15, 0.2) is 0 Å². The first-order valence-electron chi connectivity index (χ1n) is 6.94. The van der Waals surface area contributed by atoms with Crippen LogP contribution in [-0.4, -0.2) is 51.5 Å². The van der Waals surface area contributed by atoms with Crippen LogP contribution in [0, 0.1) is 5.92 Å². The van der Waals surface area contributed by atoms with E-state index in [1.54, 1.807) is 24.1 Å². The molecule has 0 saturated heterocycles. The number of hydrogen-bond acceptors (Lipinski definition) is 7. The van der Waals surface area contributed by atoms with E-state index in [2.05, 4.69) is 44.5 Å². The van der Waals surface area contributed by atoms with Crippen LogP contribution in [0.15, 0.2) is 18.5 Å². The third-order valence-corrected chi connectivity index (χ3v) is 2.54. The molecule has 0 aliphatic heterocycles. The number of rotatable bonds is 8. The highest BCUT2D eigenvalue weighted by atomic mass is 16.5. The maximum Gasteiger partial charge on any atom is 0.257 e. The van der Waals surface area contributed by atoms with Crippen LogP contribution in [0.3, 0.4) is 0 Å². The van der Waals surface area contributed by atoms with Crippen molar-refractivity contribution in [2.45, 2.75) is 13.8 Å². The van der Waals surface area contributed by atoms with Crippen LogP contribution >= 0.6 is 0 Å². The minimum atomic E-state index is 0.463. The standard InChI is InChI=1S/C13H21N7O/c1-10(2)9-21-8-6-15-12-17-11(14-3)18-13(19-12)20-7-4-5-16-20/h4-5,7,10H,6,8-9H2,1-3H3,(H2,14,15,17,18,19). The first-order valence-corrected chi connectivity index (χ1v) is 6.94. The van der Waals surface area contributed by atoms with E-state index in [4.69, 9.17) is 4.74 Å². The second-order valence-electron chi connectivity index (χ2n) is 4.88. The average Bonchev–Trinajstić information content (AvgIpc) is 3.00. The highest BCUT2D eigenvalue weighted by Gasteiger charge is 2.07. The summed E-state index contributed by atoms with van der Waals surface area (Å²) in [6, 6.07) is 1.82. The van der Waals surface area contributed by atoms with E-state index in [0.29, 0.717) is 36.9 Å². The summed E-state index contributed by atoms with van der Waals surface area (Å²) in [4.78, 5) is 12.8. The van der Waals surface area contributed by atoms with Gasteiger partial charge in [0, 0.05) is 32.6 Å². The van der Waals surface area contributed by atoms with Crippen LogP contribution in [-0.2, 0) is 4.74 Å². The molecule has 2 N–H and O–H groups in total. The van der Waals surface area contributed by atoms with Crippen molar-refractivity contribution in [2.75, 3.05) is 37.4 Å². The van der Waals surface area contributed by atoms with Gasteiger partial charge in [-0.05, 0) is 12.0 Å². The smallest absolute Gasteiger partial charge is 0.257 e. The molecule has 0 atom stereocenters. The van der Waals surface area contributed by atoms with Gasteiger partial charge in [-0.25, -0.2) is 4.68 Å². The van der Waals surface area contributed by atoms with Crippen LogP contribution in [0.2, 0.25) is 0 Å². The fourth-order valence-corrected chi connectivity index (χ4v) is 1.60. The largest absolute Gasteiger partial charge is 0.379 e. The zero-order valence-electron chi connectivity index (χ0n) is 12.6. The van der Waals surface area contributed by atoms with Crippen molar-refractivity contribution in [1.82, 2.24) is 24.7 Å². The zero-order chi connectivity index (χ0) is 15.1. The Labute approximate surface area is 124 Å². The highest BCUT2D eigenvalue weighted by Crippen LogP contribution is 2.07. The van der Waals surface area contributed by atoms with Gasteiger partial charge in [0.05, 0.1) is 6.61 Å². The van der Waals surface area contributed by atoms with Crippen molar-refractivity contribution in [2.24, 2.45) is 5.92 Å². The Balaban J connectivity index is 1.97. The van der Waals surface area contributed by atoms with Crippen LogP contribution in [0.4, 0.5) is 11.9 Å². The minimum absolute atomic E-state index is 0.463. The molecule has 2 heterocycles. The van der Waals surface area contributed by atoms with E-state index in [0.717, 1.165) is 6.61 Å². The summed E-state index contributed by atoms with van der Waals surface area (Å²) in [6.45, 7) is 6.23. The number of anilines is 2. The molecule has 0 radical (unpaired) electrons. The van der Waals surface area contributed by atoms with E-state index >= 15 is 0 Å². The third-order valence-electron chi connectivity index (χ3n) is 2.54. The van der Waals surface area contributed by atoms with Crippen molar-refractivity contribution >= 4 is 11.9 Å². The van der Waals surface area contributed by atoms with Gasteiger partial charge in [-0.15, -0.1) is 0 Å². The summed E-state index contributed by atoms with van der Waals surface area (Å²) in [5.74, 6) is 1.98.